The summed E-state index contributed by atoms with van der Waals surface area (Å²) in [5.41, 5.74) is 1.72. The van der Waals surface area contributed by atoms with Crippen LogP contribution in [-0.2, 0) is 0 Å². The van der Waals surface area contributed by atoms with Gasteiger partial charge >= 0.3 is 29.6 Å². The molecular weight excluding hydrogens is 137 g/mol. The Hall–Kier alpha value is -0.380. The third-order valence-electron chi connectivity index (χ3n) is 1.19. The van der Waals surface area contributed by atoms with Gasteiger partial charge in [-0.3, -0.25) is 5.21 Å². The molecule has 3 nitrogen and oxygen atoms in total. The van der Waals surface area contributed by atoms with Gasteiger partial charge in [-0.1, -0.05) is 24.3 Å². The molecule has 2 rings (SSSR count). The first-order valence-corrected chi connectivity index (χ1v) is 2.67. The SMILES string of the molecule is [Na+].c1ccc2[n-]nnc2c1. The van der Waals surface area contributed by atoms with Crippen LogP contribution in [0.4, 0.5) is 0 Å². The van der Waals surface area contributed by atoms with E-state index >= 15 is 0 Å². The van der Waals surface area contributed by atoms with Gasteiger partial charge in [0.15, 0.2) is 0 Å². The second-order valence-corrected chi connectivity index (χ2v) is 1.78. The van der Waals surface area contributed by atoms with Gasteiger partial charge in [0.2, 0.25) is 0 Å². The van der Waals surface area contributed by atoms with Crippen LogP contribution >= 0.6 is 0 Å². The second-order valence-electron chi connectivity index (χ2n) is 1.78. The summed E-state index contributed by atoms with van der Waals surface area (Å²) in [5.74, 6) is 0. The third-order valence-corrected chi connectivity index (χ3v) is 1.19. The standard InChI is InChI=1S/C6H4N3.Na/c1-2-4-6-5(3-1)7-9-8-6;/h1-4H;/q-1;+1. The van der Waals surface area contributed by atoms with Crippen molar-refractivity contribution in [3.63, 3.8) is 0 Å². The van der Waals surface area contributed by atoms with Crippen molar-refractivity contribution in [2.75, 3.05) is 0 Å². The summed E-state index contributed by atoms with van der Waals surface area (Å²) in [4.78, 5) is 0. The maximum Gasteiger partial charge on any atom is 1.00 e. The largest absolute Gasteiger partial charge is 1.00 e. The molecule has 2 aromatic rings. The molecule has 0 fully saturated rings. The number of hydrogen-bond donors (Lipinski definition) is 0. The molecule has 0 spiro atoms. The molecule has 0 aliphatic carbocycles. The maximum absolute atomic E-state index is 3.76. The van der Waals surface area contributed by atoms with Gasteiger partial charge in [0, 0.05) is 0 Å². The van der Waals surface area contributed by atoms with Crippen molar-refractivity contribution in [2.24, 2.45) is 0 Å². The van der Waals surface area contributed by atoms with Crippen LogP contribution in [0.1, 0.15) is 0 Å². The average molecular weight is 141 g/mol. The van der Waals surface area contributed by atoms with E-state index in [9.17, 15) is 0 Å². The van der Waals surface area contributed by atoms with Crippen LogP contribution in [0.3, 0.4) is 0 Å². The zero-order valence-corrected chi connectivity index (χ0v) is 7.65. The minimum Gasteiger partial charge on any atom is -0.350 e. The number of aromatic nitrogens is 3. The van der Waals surface area contributed by atoms with Crippen molar-refractivity contribution in [3.05, 3.63) is 24.3 Å². The molecule has 0 bridgehead atoms. The zero-order valence-electron chi connectivity index (χ0n) is 5.65. The number of rotatable bonds is 0. The van der Waals surface area contributed by atoms with Gasteiger partial charge in [0.05, 0.1) is 0 Å². The van der Waals surface area contributed by atoms with Crippen molar-refractivity contribution < 1.29 is 29.6 Å². The van der Waals surface area contributed by atoms with E-state index < -0.39 is 0 Å². The Labute approximate surface area is 80.1 Å². The van der Waals surface area contributed by atoms with Crippen LogP contribution in [0.5, 0.6) is 0 Å². The first-order chi connectivity index (χ1) is 4.47. The summed E-state index contributed by atoms with van der Waals surface area (Å²) >= 11 is 0. The molecule has 1 aromatic carbocycles. The van der Waals surface area contributed by atoms with E-state index in [1.165, 1.54) is 0 Å². The smallest absolute Gasteiger partial charge is 0.350 e. The Balaban J connectivity index is 0.000000500. The van der Waals surface area contributed by atoms with Crippen LogP contribution < -0.4 is 34.7 Å². The van der Waals surface area contributed by atoms with Gasteiger partial charge in [-0.2, -0.15) is 0 Å². The normalized spacial score (nSPS) is 9.20. The van der Waals surface area contributed by atoms with E-state index in [4.69, 9.17) is 0 Å². The van der Waals surface area contributed by atoms with E-state index in [1.54, 1.807) is 0 Å². The predicted octanol–water partition coefficient (Wildman–Crippen LogP) is -2.41. The molecule has 1 aromatic heterocycles. The average Bonchev–Trinajstić information content (AvgIpc) is 2.33. The van der Waals surface area contributed by atoms with Crippen LogP contribution in [0, 0.1) is 0 Å². The monoisotopic (exact) mass is 141 g/mol. The molecule has 44 valence electrons. The molecule has 0 aliphatic rings. The third kappa shape index (κ3) is 1.21. The fourth-order valence-electron chi connectivity index (χ4n) is 0.752. The quantitative estimate of drug-likeness (QED) is 0.384. The minimum atomic E-state index is 0. The molecule has 0 unspecified atom stereocenters. The van der Waals surface area contributed by atoms with Crippen LogP contribution in [0.15, 0.2) is 24.3 Å². The van der Waals surface area contributed by atoms with Crippen molar-refractivity contribution in [3.8, 4) is 0 Å². The Kier molecular flexibility index (Phi) is 2.43. The summed E-state index contributed by atoms with van der Waals surface area (Å²) in [6.07, 6.45) is 0. The number of hydrogen-bond acceptors (Lipinski definition) is 2. The van der Waals surface area contributed by atoms with E-state index in [0.717, 1.165) is 11.0 Å². The van der Waals surface area contributed by atoms with E-state index in [1.807, 2.05) is 24.3 Å². The van der Waals surface area contributed by atoms with Crippen LogP contribution in [0.2, 0.25) is 0 Å². The van der Waals surface area contributed by atoms with Crippen molar-refractivity contribution >= 4 is 11.0 Å². The first kappa shape index (κ1) is 7.72. The predicted molar refractivity (Wildman–Crippen MR) is 32.9 cm³/mol. The van der Waals surface area contributed by atoms with Gasteiger partial charge in [0.25, 0.3) is 0 Å². The van der Waals surface area contributed by atoms with Crippen LogP contribution in [-0.4, -0.2) is 10.3 Å². The summed E-state index contributed by atoms with van der Waals surface area (Å²) in [6, 6.07) is 7.60. The van der Waals surface area contributed by atoms with Gasteiger partial charge in [-0.15, -0.1) is 0 Å². The van der Waals surface area contributed by atoms with E-state index in [-0.39, 0.29) is 29.6 Å². The molecule has 0 aliphatic heterocycles. The Morgan fingerprint density at radius 3 is 2.80 bits per heavy atom. The summed E-state index contributed by atoms with van der Waals surface area (Å²) < 4.78 is 0. The van der Waals surface area contributed by atoms with Crippen molar-refractivity contribution in [1.82, 2.24) is 15.4 Å². The fraction of sp³-hybridized carbons (Fsp3) is 0. The number of benzene rings is 1. The zero-order chi connectivity index (χ0) is 6.10. The summed E-state index contributed by atoms with van der Waals surface area (Å²) in [6.45, 7) is 0. The Morgan fingerprint density at radius 1 is 1.20 bits per heavy atom. The topological polar surface area (TPSA) is 39.9 Å². The molecule has 0 N–H and O–H groups in total. The molecule has 0 saturated carbocycles. The Bertz CT molecular complexity index is 287. The first-order valence-electron chi connectivity index (χ1n) is 2.67. The summed E-state index contributed by atoms with van der Waals surface area (Å²) in [7, 11) is 0. The number of nitrogens with zero attached hydrogens (tertiary/aromatic N) is 3. The van der Waals surface area contributed by atoms with Gasteiger partial charge < -0.3 is 10.2 Å². The molecule has 0 atom stereocenters. The molecule has 0 saturated heterocycles. The van der Waals surface area contributed by atoms with Crippen molar-refractivity contribution in [2.45, 2.75) is 0 Å². The van der Waals surface area contributed by atoms with Gasteiger partial charge in [-0.05, 0) is 11.0 Å². The number of fused-ring (bicyclic) bond motifs is 1. The molecule has 10 heavy (non-hydrogen) atoms. The maximum atomic E-state index is 3.76. The minimum absolute atomic E-state index is 0. The molecule has 0 amide bonds. The summed E-state index contributed by atoms with van der Waals surface area (Å²) in [5, 5.41) is 11.0. The van der Waals surface area contributed by atoms with Gasteiger partial charge in [-0.25, -0.2) is 0 Å². The fourth-order valence-corrected chi connectivity index (χ4v) is 0.752. The molecule has 0 radical (unpaired) electrons. The van der Waals surface area contributed by atoms with Crippen LogP contribution in [0.25, 0.3) is 11.0 Å². The van der Waals surface area contributed by atoms with Crippen molar-refractivity contribution in [1.29, 1.82) is 0 Å². The second kappa shape index (κ2) is 3.14. The molecular formula is C6H4N3Na. The molecule has 1 heterocycles. The van der Waals surface area contributed by atoms with E-state index in [0.29, 0.717) is 0 Å². The Morgan fingerprint density at radius 2 is 2.00 bits per heavy atom. The molecule has 4 heteroatoms. The van der Waals surface area contributed by atoms with E-state index in [2.05, 4.69) is 15.4 Å². The van der Waals surface area contributed by atoms with Gasteiger partial charge in [0.1, 0.15) is 0 Å².